The molecule has 1 heterocycles. The molecule has 0 amide bonds. The summed E-state index contributed by atoms with van der Waals surface area (Å²) in [6.45, 7) is 2.04. The van der Waals surface area contributed by atoms with Crippen molar-refractivity contribution in [3.63, 3.8) is 0 Å². The van der Waals surface area contributed by atoms with Gasteiger partial charge in [-0.25, -0.2) is 0 Å². The summed E-state index contributed by atoms with van der Waals surface area (Å²) in [5, 5.41) is 4.41. The lowest BCUT2D eigenvalue weighted by Crippen LogP contribution is -2.21. The van der Waals surface area contributed by atoms with E-state index in [4.69, 9.17) is 0 Å². The molecule has 1 rings (SSSR count). The highest BCUT2D eigenvalue weighted by Gasteiger charge is 2.04. The third kappa shape index (κ3) is 2.84. The van der Waals surface area contributed by atoms with Crippen LogP contribution in [0.25, 0.3) is 0 Å². The number of aliphatic imine (C=N–C) groups is 1. The van der Waals surface area contributed by atoms with E-state index in [9.17, 15) is 0 Å². The van der Waals surface area contributed by atoms with Crippen LogP contribution in [0.15, 0.2) is 4.99 Å². The topological polar surface area (TPSA) is 24.4 Å². The van der Waals surface area contributed by atoms with Crippen molar-refractivity contribution < 1.29 is 0 Å². The summed E-state index contributed by atoms with van der Waals surface area (Å²) in [4.78, 5) is 4.27. The van der Waals surface area contributed by atoms with Crippen LogP contribution in [0.2, 0.25) is 0 Å². The van der Waals surface area contributed by atoms with Gasteiger partial charge in [0, 0.05) is 18.1 Å². The predicted octanol–water partition coefficient (Wildman–Crippen LogP) is 1.04. The van der Waals surface area contributed by atoms with Crippen LogP contribution in [-0.2, 0) is 0 Å². The van der Waals surface area contributed by atoms with Crippen molar-refractivity contribution >= 4 is 28.7 Å². The Labute approximate surface area is 70.2 Å². The first-order valence-corrected chi connectivity index (χ1v) is 5.71. The van der Waals surface area contributed by atoms with Crippen LogP contribution >= 0.6 is 23.5 Å². The predicted molar refractivity (Wildman–Crippen MR) is 51.1 cm³/mol. The van der Waals surface area contributed by atoms with E-state index in [1.807, 2.05) is 23.5 Å². The molecule has 1 aliphatic heterocycles. The van der Waals surface area contributed by atoms with Crippen molar-refractivity contribution in [1.82, 2.24) is 5.32 Å². The molecular weight excluding hydrogens is 164 g/mol. The van der Waals surface area contributed by atoms with E-state index < -0.39 is 0 Å². The summed E-state index contributed by atoms with van der Waals surface area (Å²) in [7, 11) is 0. The lowest BCUT2D eigenvalue weighted by atomic mass is 10.7. The molecule has 0 aromatic rings. The maximum Gasteiger partial charge on any atom is 0.156 e. The minimum atomic E-state index is 0.992. The molecule has 10 heavy (non-hydrogen) atoms. The van der Waals surface area contributed by atoms with Gasteiger partial charge in [0.15, 0.2) is 5.17 Å². The van der Waals surface area contributed by atoms with Crippen LogP contribution in [0, 0.1) is 0 Å². The highest BCUT2D eigenvalue weighted by molar-refractivity contribution is 8.14. The lowest BCUT2D eigenvalue weighted by molar-refractivity contribution is 0.985. The summed E-state index contributed by atoms with van der Waals surface area (Å²) in [5.41, 5.74) is 0. The SMILES string of the molecule is CSCCNC1=NCCS1. The van der Waals surface area contributed by atoms with E-state index in [2.05, 4.69) is 16.6 Å². The molecule has 1 N–H and O–H groups in total. The number of thioether (sulfide) groups is 2. The second-order valence-corrected chi connectivity index (χ2v) is 4.02. The molecular formula is C6H12N2S2. The molecule has 0 unspecified atom stereocenters. The molecule has 4 heteroatoms. The Balaban J connectivity index is 2.01. The lowest BCUT2D eigenvalue weighted by Gasteiger charge is -2.01. The molecule has 0 aromatic carbocycles. The van der Waals surface area contributed by atoms with E-state index in [-0.39, 0.29) is 0 Å². The van der Waals surface area contributed by atoms with Gasteiger partial charge in [0.25, 0.3) is 0 Å². The molecule has 2 nitrogen and oxygen atoms in total. The molecule has 0 atom stereocenters. The quantitative estimate of drug-likeness (QED) is 0.650. The Morgan fingerprint density at radius 3 is 3.30 bits per heavy atom. The van der Waals surface area contributed by atoms with Crippen LogP contribution in [0.3, 0.4) is 0 Å². The molecule has 58 valence electrons. The largest absolute Gasteiger partial charge is 0.364 e. The van der Waals surface area contributed by atoms with Gasteiger partial charge in [0.2, 0.25) is 0 Å². The van der Waals surface area contributed by atoms with E-state index >= 15 is 0 Å². The van der Waals surface area contributed by atoms with Crippen molar-refractivity contribution in [3.8, 4) is 0 Å². The molecule has 1 aliphatic rings. The number of hydrogen-bond acceptors (Lipinski definition) is 4. The third-order valence-electron chi connectivity index (χ3n) is 1.17. The first kappa shape index (κ1) is 8.27. The number of rotatable bonds is 3. The molecule has 0 aromatic heterocycles. The van der Waals surface area contributed by atoms with Gasteiger partial charge >= 0.3 is 0 Å². The summed E-state index contributed by atoms with van der Waals surface area (Å²) < 4.78 is 0. The van der Waals surface area contributed by atoms with Crippen LogP contribution in [-0.4, -0.2) is 36.0 Å². The number of nitrogens with zero attached hydrogens (tertiary/aromatic N) is 1. The molecule has 0 aliphatic carbocycles. The van der Waals surface area contributed by atoms with Crippen LogP contribution in [0.5, 0.6) is 0 Å². The standard InChI is InChI=1S/C6H12N2S2/c1-9-4-2-7-6-8-3-5-10-6/h2-5H2,1H3,(H,7,8). The van der Waals surface area contributed by atoms with Crippen molar-refractivity contribution in [2.24, 2.45) is 4.99 Å². The summed E-state index contributed by atoms with van der Waals surface area (Å²) >= 11 is 3.68. The Kier molecular flexibility index (Phi) is 4.06. The van der Waals surface area contributed by atoms with E-state index in [0.717, 1.165) is 24.0 Å². The Bertz CT molecular complexity index is 125. The normalized spacial score (nSPS) is 17.1. The molecule has 0 radical (unpaired) electrons. The van der Waals surface area contributed by atoms with Crippen molar-refractivity contribution in [1.29, 1.82) is 0 Å². The monoisotopic (exact) mass is 176 g/mol. The summed E-state index contributed by atoms with van der Waals surface area (Å²) in [6.07, 6.45) is 2.12. The fourth-order valence-electron chi connectivity index (χ4n) is 0.702. The molecule has 0 fully saturated rings. The average molecular weight is 176 g/mol. The van der Waals surface area contributed by atoms with Gasteiger partial charge in [0.05, 0.1) is 6.54 Å². The maximum absolute atomic E-state index is 4.27. The van der Waals surface area contributed by atoms with Crippen molar-refractivity contribution in [2.75, 3.05) is 30.9 Å². The van der Waals surface area contributed by atoms with Crippen LogP contribution < -0.4 is 5.32 Å². The highest BCUT2D eigenvalue weighted by Crippen LogP contribution is 2.08. The van der Waals surface area contributed by atoms with E-state index in [0.29, 0.717) is 0 Å². The van der Waals surface area contributed by atoms with E-state index in [1.165, 1.54) is 5.75 Å². The van der Waals surface area contributed by atoms with Crippen molar-refractivity contribution in [2.45, 2.75) is 0 Å². The first-order valence-electron chi connectivity index (χ1n) is 3.33. The zero-order valence-corrected chi connectivity index (χ0v) is 7.73. The van der Waals surface area contributed by atoms with E-state index in [1.54, 1.807) is 0 Å². The van der Waals surface area contributed by atoms with Gasteiger partial charge in [-0.05, 0) is 6.26 Å². The van der Waals surface area contributed by atoms with Crippen LogP contribution in [0.1, 0.15) is 0 Å². The number of nitrogens with one attached hydrogen (secondary N) is 1. The molecule has 0 saturated carbocycles. The Morgan fingerprint density at radius 1 is 1.80 bits per heavy atom. The third-order valence-corrected chi connectivity index (χ3v) is 2.71. The summed E-state index contributed by atoms with van der Waals surface area (Å²) in [5.74, 6) is 2.32. The minimum Gasteiger partial charge on any atom is -0.364 e. The van der Waals surface area contributed by atoms with Gasteiger partial charge in [-0.2, -0.15) is 11.8 Å². The highest BCUT2D eigenvalue weighted by atomic mass is 32.2. The van der Waals surface area contributed by atoms with Crippen molar-refractivity contribution in [3.05, 3.63) is 0 Å². The van der Waals surface area contributed by atoms with Crippen LogP contribution in [0.4, 0.5) is 0 Å². The summed E-state index contributed by atoms with van der Waals surface area (Å²) in [6, 6.07) is 0. The fourth-order valence-corrected chi connectivity index (χ4v) is 1.77. The Morgan fingerprint density at radius 2 is 2.70 bits per heavy atom. The first-order chi connectivity index (χ1) is 4.93. The average Bonchev–Trinajstić information content (AvgIpc) is 2.41. The molecule has 0 saturated heterocycles. The zero-order valence-electron chi connectivity index (χ0n) is 6.09. The van der Waals surface area contributed by atoms with Gasteiger partial charge in [-0.3, -0.25) is 4.99 Å². The second kappa shape index (κ2) is 4.91. The number of hydrogen-bond donors (Lipinski definition) is 1. The van der Waals surface area contributed by atoms with Gasteiger partial charge in [-0.1, -0.05) is 11.8 Å². The molecule has 0 spiro atoms. The molecule has 0 bridgehead atoms. The maximum atomic E-state index is 4.27. The number of amidine groups is 1. The van der Waals surface area contributed by atoms with Gasteiger partial charge < -0.3 is 5.32 Å². The minimum absolute atomic E-state index is 0.992. The van der Waals surface area contributed by atoms with Gasteiger partial charge in [0.1, 0.15) is 0 Å². The Hall–Kier alpha value is 0.170. The van der Waals surface area contributed by atoms with Gasteiger partial charge in [-0.15, -0.1) is 0 Å². The smallest absolute Gasteiger partial charge is 0.156 e. The fraction of sp³-hybridized carbons (Fsp3) is 0.833. The second-order valence-electron chi connectivity index (χ2n) is 1.95. The zero-order chi connectivity index (χ0) is 7.23.